The maximum Gasteiger partial charge on any atom is 0.306 e. The van der Waals surface area contributed by atoms with Gasteiger partial charge in [-0.05, 0) is 76.7 Å². The van der Waals surface area contributed by atoms with Gasteiger partial charge in [0.1, 0.15) is 19.3 Å². The van der Waals surface area contributed by atoms with Gasteiger partial charge in [0, 0.05) is 12.8 Å². The minimum Gasteiger partial charge on any atom is -0.756 e. The Morgan fingerprint density at radius 1 is 0.462 bits per heavy atom. The molecule has 10 heteroatoms. The van der Waals surface area contributed by atoms with Crippen LogP contribution in [-0.2, 0) is 27.9 Å². The third-order valence-corrected chi connectivity index (χ3v) is 15.4. The van der Waals surface area contributed by atoms with Gasteiger partial charge < -0.3 is 28.5 Å². The highest BCUT2D eigenvalue weighted by atomic mass is 31.2. The first-order valence-corrected chi connectivity index (χ1v) is 34.2. The number of likely N-dealkylation sites (N-methyl/N-ethyl adjacent to an activating group) is 1. The number of amides is 1. The van der Waals surface area contributed by atoms with Crippen molar-refractivity contribution in [3.8, 4) is 0 Å². The molecule has 0 fully saturated rings. The fourth-order valence-corrected chi connectivity index (χ4v) is 10.1. The smallest absolute Gasteiger partial charge is 0.306 e. The largest absolute Gasteiger partial charge is 0.756 e. The van der Waals surface area contributed by atoms with Gasteiger partial charge in [-0.1, -0.05) is 280 Å². The lowest BCUT2D eigenvalue weighted by Gasteiger charge is -2.30. The van der Waals surface area contributed by atoms with E-state index in [9.17, 15) is 19.0 Å². The summed E-state index contributed by atoms with van der Waals surface area (Å²) in [6.07, 6.45) is 74.4. The van der Waals surface area contributed by atoms with E-state index < -0.39 is 20.0 Å². The fraction of sp³-hybridized carbons (Fsp3) is 0.794. The number of unbranched alkanes of at least 4 members (excludes halogenated alkanes) is 33. The summed E-state index contributed by atoms with van der Waals surface area (Å²) in [6, 6.07) is -0.888. The van der Waals surface area contributed by atoms with Crippen LogP contribution in [0.5, 0.6) is 0 Å². The SMILES string of the molecule is CC/C=C\C/C=C\C/C=C\C/C=C\C/C=C\CCCCCCCCCCCCCC(=O)OC(/C=C\CCCCCCCCCCCC)C(COP(=O)([O-])OCC[N+](C)(C)C)NC(=O)CCCCCCCCCCCCCCC. The molecule has 3 atom stereocenters. The minimum absolute atomic E-state index is 0.0228. The van der Waals surface area contributed by atoms with Gasteiger partial charge in [-0.15, -0.1) is 0 Å². The molecular weight excluding hydrogens is 988 g/mol. The van der Waals surface area contributed by atoms with Crippen LogP contribution in [0.1, 0.15) is 297 Å². The van der Waals surface area contributed by atoms with Crippen molar-refractivity contribution in [1.82, 2.24) is 5.32 Å². The summed E-state index contributed by atoms with van der Waals surface area (Å²) in [5, 5.41) is 3.03. The van der Waals surface area contributed by atoms with Crippen molar-refractivity contribution in [3.63, 3.8) is 0 Å². The van der Waals surface area contributed by atoms with Crippen LogP contribution in [0.2, 0.25) is 0 Å². The number of ether oxygens (including phenoxy) is 1. The molecule has 0 heterocycles. The van der Waals surface area contributed by atoms with Gasteiger partial charge in [0.15, 0.2) is 0 Å². The number of nitrogens with zero attached hydrogens (tertiary/aromatic N) is 1. The maximum atomic E-state index is 13.5. The molecule has 0 aliphatic heterocycles. The first kappa shape index (κ1) is 75.5. The van der Waals surface area contributed by atoms with Gasteiger partial charge in [-0.3, -0.25) is 14.2 Å². The number of allylic oxidation sites excluding steroid dienone is 11. The Hall–Kier alpha value is -2.55. The lowest BCUT2D eigenvalue weighted by atomic mass is 10.0. The molecule has 0 aromatic carbocycles. The number of nitrogens with one attached hydrogen (secondary N) is 1. The first-order valence-electron chi connectivity index (χ1n) is 32.7. The molecule has 78 heavy (non-hydrogen) atoms. The van der Waals surface area contributed by atoms with Crippen LogP contribution in [0, 0.1) is 0 Å². The Morgan fingerprint density at radius 2 is 0.821 bits per heavy atom. The van der Waals surface area contributed by atoms with E-state index in [1.807, 2.05) is 33.3 Å². The zero-order valence-corrected chi connectivity index (χ0v) is 52.8. The van der Waals surface area contributed by atoms with E-state index in [4.69, 9.17) is 13.8 Å². The third-order valence-electron chi connectivity index (χ3n) is 14.4. The highest BCUT2D eigenvalue weighted by Gasteiger charge is 2.27. The lowest BCUT2D eigenvalue weighted by Crippen LogP contribution is -2.47. The van der Waals surface area contributed by atoms with Gasteiger partial charge in [-0.25, -0.2) is 0 Å². The normalized spacial score (nSPS) is 14.1. The zero-order valence-electron chi connectivity index (χ0n) is 51.9. The zero-order chi connectivity index (χ0) is 57.2. The summed E-state index contributed by atoms with van der Waals surface area (Å²) in [5.41, 5.74) is 0. The van der Waals surface area contributed by atoms with Crippen molar-refractivity contribution in [2.45, 2.75) is 309 Å². The van der Waals surface area contributed by atoms with Crippen LogP contribution < -0.4 is 10.2 Å². The van der Waals surface area contributed by atoms with Crippen LogP contribution >= 0.6 is 7.82 Å². The van der Waals surface area contributed by atoms with Gasteiger partial charge in [0.05, 0.1) is 33.8 Å². The molecule has 1 amide bonds. The summed E-state index contributed by atoms with van der Waals surface area (Å²) < 4.78 is 30.3. The van der Waals surface area contributed by atoms with E-state index in [0.717, 1.165) is 89.9 Å². The van der Waals surface area contributed by atoms with E-state index in [0.29, 0.717) is 17.4 Å². The summed E-state index contributed by atoms with van der Waals surface area (Å²) in [7, 11) is 1.19. The highest BCUT2D eigenvalue weighted by molar-refractivity contribution is 7.45. The molecule has 0 bridgehead atoms. The molecule has 0 aliphatic rings. The first-order chi connectivity index (χ1) is 37.9. The summed E-state index contributed by atoms with van der Waals surface area (Å²) in [4.78, 5) is 40.0. The van der Waals surface area contributed by atoms with Crippen molar-refractivity contribution in [1.29, 1.82) is 0 Å². The summed E-state index contributed by atoms with van der Waals surface area (Å²) in [5.74, 6) is -0.537. The average molecular weight is 1110 g/mol. The van der Waals surface area contributed by atoms with Gasteiger partial charge >= 0.3 is 5.97 Å². The second-order valence-corrected chi connectivity index (χ2v) is 24.7. The number of phosphoric acid groups is 1. The molecule has 0 aromatic heterocycles. The van der Waals surface area contributed by atoms with Crippen molar-refractivity contribution >= 4 is 19.7 Å². The molecular formula is C68H125N2O7P. The molecule has 0 spiro atoms. The summed E-state index contributed by atoms with van der Waals surface area (Å²) in [6.45, 7) is 6.74. The Morgan fingerprint density at radius 3 is 1.23 bits per heavy atom. The number of carbonyl (C=O) groups is 2. The van der Waals surface area contributed by atoms with E-state index in [1.165, 1.54) is 173 Å². The van der Waals surface area contributed by atoms with E-state index in [1.54, 1.807) is 0 Å². The molecule has 0 aliphatic carbocycles. The minimum atomic E-state index is -4.70. The number of esters is 1. The standard InChI is InChI=1S/C68H125N2O7P/c1-7-10-13-16-19-22-25-28-29-30-31-32-33-34-35-36-37-38-39-40-41-43-46-49-52-55-58-61-68(72)77-66(59-56-53-50-47-44-27-24-21-18-15-12-9-3)65(64-76-78(73,74)75-63-62-70(4,5)6)69-67(71)60-57-54-51-48-45-42-26-23-20-17-14-11-8-2/h10,13,19,22,28-29,31-32,34-35,56,59,65-66H,7-9,11-12,14-18,20-21,23-27,30,33,36-55,57-58,60-64H2,1-6H3,(H-,69,71,73,74)/b13-10-,22-19-,29-28-,32-31-,35-34-,59-56-. The van der Waals surface area contributed by atoms with Gasteiger partial charge in [-0.2, -0.15) is 0 Å². The van der Waals surface area contributed by atoms with Crippen LogP contribution in [-0.4, -0.2) is 69.4 Å². The quantitative estimate of drug-likeness (QED) is 0.0212. The average Bonchev–Trinajstić information content (AvgIpc) is 3.40. The molecule has 3 unspecified atom stereocenters. The molecule has 0 radical (unpaired) electrons. The van der Waals surface area contributed by atoms with E-state index in [-0.39, 0.29) is 31.5 Å². The van der Waals surface area contributed by atoms with Gasteiger partial charge in [0.25, 0.3) is 7.82 Å². The number of carbonyl (C=O) groups excluding carboxylic acids is 2. The maximum absolute atomic E-state index is 13.5. The number of hydrogen-bond donors (Lipinski definition) is 1. The van der Waals surface area contributed by atoms with Crippen molar-refractivity contribution in [3.05, 3.63) is 72.9 Å². The molecule has 0 saturated carbocycles. The molecule has 1 N–H and O–H groups in total. The van der Waals surface area contributed by atoms with Crippen molar-refractivity contribution in [2.75, 3.05) is 40.9 Å². The Balaban J connectivity index is 5.05. The number of phosphoric ester groups is 1. The topological polar surface area (TPSA) is 114 Å². The molecule has 0 rings (SSSR count). The second-order valence-electron chi connectivity index (χ2n) is 23.2. The lowest BCUT2D eigenvalue weighted by molar-refractivity contribution is -0.870. The third kappa shape index (κ3) is 58.1. The monoisotopic (exact) mass is 1110 g/mol. The molecule has 0 saturated heterocycles. The Bertz CT molecular complexity index is 1570. The van der Waals surface area contributed by atoms with E-state index in [2.05, 4.69) is 86.8 Å². The Labute approximate surface area is 483 Å². The predicted molar refractivity (Wildman–Crippen MR) is 335 cm³/mol. The predicted octanol–water partition coefficient (Wildman–Crippen LogP) is 19.8. The van der Waals surface area contributed by atoms with Crippen molar-refractivity contribution < 1.29 is 37.3 Å². The van der Waals surface area contributed by atoms with E-state index >= 15 is 0 Å². The number of quaternary nitrogens is 1. The molecule has 454 valence electrons. The second kappa shape index (κ2) is 57.7. The molecule has 0 aromatic rings. The van der Waals surface area contributed by atoms with Gasteiger partial charge in [0.2, 0.25) is 5.91 Å². The number of hydrogen-bond acceptors (Lipinski definition) is 7. The van der Waals surface area contributed by atoms with Crippen LogP contribution in [0.15, 0.2) is 72.9 Å². The van der Waals surface area contributed by atoms with Crippen LogP contribution in [0.3, 0.4) is 0 Å². The van der Waals surface area contributed by atoms with Crippen molar-refractivity contribution in [2.24, 2.45) is 0 Å². The number of rotatable bonds is 59. The van der Waals surface area contributed by atoms with Crippen LogP contribution in [0.25, 0.3) is 0 Å². The Kier molecular flexibility index (Phi) is 55.8. The fourth-order valence-electron chi connectivity index (χ4n) is 9.37. The van der Waals surface area contributed by atoms with Crippen LogP contribution in [0.4, 0.5) is 0 Å². The highest BCUT2D eigenvalue weighted by Crippen LogP contribution is 2.38. The molecule has 9 nitrogen and oxygen atoms in total. The summed E-state index contributed by atoms with van der Waals surface area (Å²) >= 11 is 0.